The fourth-order valence-corrected chi connectivity index (χ4v) is 2.63. The van der Waals surface area contributed by atoms with Crippen LogP contribution in [0, 0.1) is 0 Å². The van der Waals surface area contributed by atoms with Gasteiger partial charge in [0, 0.05) is 11.3 Å². The van der Waals surface area contributed by atoms with E-state index in [1.807, 2.05) is 36.4 Å². The molecule has 3 aromatic rings. The van der Waals surface area contributed by atoms with Crippen molar-refractivity contribution >= 4 is 40.5 Å². The van der Waals surface area contributed by atoms with Gasteiger partial charge in [-0.1, -0.05) is 48.0 Å². The first-order valence-corrected chi connectivity index (χ1v) is 8.60. The third-order valence-electron chi connectivity index (χ3n) is 3.42. The molecule has 130 valence electrons. The largest absolute Gasteiger partial charge is 0.456 e. The number of carbonyl (C=O) groups excluding carboxylic acids is 1. The Morgan fingerprint density at radius 3 is 2.23 bits per heavy atom. The molecule has 0 aliphatic carbocycles. The Morgan fingerprint density at radius 2 is 1.58 bits per heavy atom. The zero-order chi connectivity index (χ0) is 18.4. The molecule has 2 N–H and O–H groups in total. The van der Waals surface area contributed by atoms with Crippen LogP contribution in [0.25, 0.3) is 0 Å². The topological polar surface area (TPSA) is 50.4 Å². The standard InChI is InChI=1S/C20H15ClN2O2S/c21-17-13-15(11-12-18(17)25-16-9-5-2-6-10-16)22-20(26)23-19(24)14-7-3-1-4-8-14/h1-13H,(H2,22,23,24,26). The zero-order valence-corrected chi connectivity index (χ0v) is 15.2. The second kappa shape index (κ2) is 8.47. The molecule has 0 radical (unpaired) electrons. The van der Waals surface area contributed by atoms with Crippen molar-refractivity contribution in [2.45, 2.75) is 0 Å². The maximum atomic E-state index is 12.1. The van der Waals surface area contributed by atoms with Gasteiger partial charge >= 0.3 is 0 Å². The van der Waals surface area contributed by atoms with E-state index < -0.39 is 0 Å². The van der Waals surface area contributed by atoms with Gasteiger partial charge in [0.15, 0.2) is 5.11 Å². The first kappa shape index (κ1) is 17.9. The third kappa shape index (κ3) is 4.81. The van der Waals surface area contributed by atoms with Gasteiger partial charge in [-0.25, -0.2) is 0 Å². The van der Waals surface area contributed by atoms with Crippen LogP contribution < -0.4 is 15.4 Å². The highest BCUT2D eigenvalue weighted by atomic mass is 35.5. The molecule has 0 aromatic heterocycles. The van der Waals surface area contributed by atoms with Crippen molar-refractivity contribution < 1.29 is 9.53 Å². The number of rotatable bonds is 4. The number of hydrogen-bond acceptors (Lipinski definition) is 3. The second-order valence-electron chi connectivity index (χ2n) is 5.33. The average Bonchev–Trinajstić information content (AvgIpc) is 2.65. The fraction of sp³-hybridized carbons (Fsp3) is 0. The van der Waals surface area contributed by atoms with Crippen molar-refractivity contribution in [1.82, 2.24) is 5.32 Å². The molecule has 3 aromatic carbocycles. The van der Waals surface area contributed by atoms with E-state index in [1.54, 1.807) is 42.5 Å². The van der Waals surface area contributed by atoms with Crippen molar-refractivity contribution in [2.75, 3.05) is 5.32 Å². The number of hydrogen-bond donors (Lipinski definition) is 2. The first-order chi connectivity index (χ1) is 12.6. The molecule has 3 rings (SSSR count). The number of para-hydroxylation sites is 1. The van der Waals surface area contributed by atoms with Crippen LogP contribution in [0.3, 0.4) is 0 Å². The van der Waals surface area contributed by atoms with E-state index in [2.05, 4.69) is 10.6 Å². The molecule has 0 saturated heterocycles. The lowest BCUT2D eigenvalue weighted by Gasteiger charge is -2.12. The van der Waals surface area contributed by atoms with Crippen LogP contribution in [-0.4, -0.2) is 11.0 Å². The van der Waals surface area contributed by atoms with Crippen molar-refractivity contribution in [1.29, 1.82) is 0 Å². The Morgan fingerprint density at radius 1 is 0.923 bits per heavy atom. The number of amides is 1. The summed E-state index contributed by atoms with van der Waals surface area (Å²) in [5.41, 5.74) is 1.18. The summed E-state index contributed by atoms with van der Waals surface area (Å²) in [6.45, 7) is 0. The van der Waals surface area contributed by atoms with E-state index in [0.717, 1.165) is 0 Å². The SMILES string of the molecule is O=C(NC(=S)Nc1ccc(Oc2ccccc2)c(Cl)c1)c1ccccc1. The molecule has 0 bridgehead atoms. The molecule has 0 spiro atoms. The number of thiocarbonyl (C=S) groups is 1. The van der Waals surface area contributed by atoms with Gasteiger partial charge in [0.25, 0.3) is 5.91 Å². The molecular weight excluding hydrogens is 368 g/mol. The summed E-state index contributed by atoms with van der Waals surface area (Å²) in [5.74, 6) is 0.946. The molecule has 1 amide bonds. The van der Waals surface area contributed by atoms with Gasteiger partial charge in [0.2, 0.25) is 0 Å². The van der Waals surface area contributed by atoms with Crippen LogP contribution in [0.15, 0.2) is 78.9 Å². The quantitative estimate of drug-likeness (QED) is 0.604. The number of carbonyl (C=O) groups is 1. The molecule has 0 fully saturated rings. The highest BCUT2D eigenvalue weighted by Crippen LogP contribution is 2.31. The molecule has 0 atom stereocenters. The van der Waals surface area contributed by atoms with Gasteiger partial charge < -0.3 is 10.1 Å². The van der Waals surface area contributed by atoms with Gasteiger partial charge in [-0.15, -0.1) is 0 Å². The number of benzene rings is 3. The minimum Gasteiger partial charge on any atom is -0.456 e. The molecule has 0 heterocycles. The minimum atomic E-state index is -0.279. The number of ether oxygens (including phenoxy) is 1. The molecule has 0 saturated carbocycles. The van der Waals surface area contributed by atoms with E-state index in [4.69, 9.17) is 28.6 Å². The predicted molar refractivity (Wildman–Crippen MR) is 108 cm³/mol. The molecular formula is C20H15ClN2O2S. The summed E-state index contributed by atoms with van der Waals surface area (Å²) in [5, 5.41) is 6.17. The number of halogens is 1. The highest BCUT2D eigenvalue weighted by Gasteiger charge is 2.09. The predicted octanol–water partition coefficient (Wildman–Crippen LogP) is 5.26. The average molecular weight is 383 g/mol. The van der Waals surface area contributed by atoms with E-state index in [1.165, 1.54) is 0 Å². The molecule has 0 unspecified atom stereocenters. The summed E-state index contributed by atoms with van der Waals surface area (Å²) in [4.78, 5) is 12.1. The van der Waals surface area contributed by atoms with Crippen molar-refractivity contribution in [3.63, 3.8) is 0 Å². The molecule has 0 aliphatic heterocycles. The van der Waals surface area contributed by atoms with Crippen molar-refractivity contribution in [3.8, 4) is 11.5 Å². The Kier molecular flexibility index (Phi) is 5.84. The monoisotopic (exact) mass is 382 g/mol. The molecule has 26 heavy (non-hydrogen) atoms. The van der Waals surface area contributed by atoms with Crippen molar-refractivity contribution in [2.24, 2.45) is 0 Å². The van der Waals surface area contributed by atoms with Crippen LogP contribution in [0.2, 0.25) is 5.02 Å². The lowest BCUT2D eigenvalue weighted by atomic mass is 10.2. The zero-order valence-electron chi connectivity index (χ0n) is 13.6. The summed E-state index contributed by atoms with van der Waals surface area (Å²) in [7, 11) is 0. The maximum Gasteiger partial charge on any atom is 0.257 e. The summed E-state index contributed by atoms with van der Waals surface area (Å²) < 4.78 is 5.73. The molecule has 4 nitrogen and oxygen atoms in total. The van der Waals surface area contributed by atoms with E-state index in [9.17, 15) is 4.79 Å². The summed E-state index contributed by atoms with van der Waals surface area (Å²) >= 11 is 11.4. The van der Waals surface area contributed by atoms with Crippen molar-refractivity contribution in [3.05, 3.63) is 89.4 Å². The van der Waals surface area contributed by atoms with Gasteiger partial charge in [0.05, 0.1) is 5.02 Å². The Bertz CT molecular complexity index is 918. The van der Waals surface area contributed by atoms with Crippen LogP contribution in [-0.2, 0) is 0 Å². The second-order valence-corrected chi connectivity index (χ2v) is 6.15. The Balaban J connectivity index is 1.62. The maximum absolute atomic E-state index is 12.1. The fourth-order valence-electron chi connectivity index (χ4n) is 2.20. The lowest BCUT2D eigenvalue weighted by Crippen LogP contribution is -2.34. The third-order valence-corrected chi connectivity index (χ3v) is 3.92. The van der Waals surface area contributed by atoms with Crippen LogP contribution >= 0.6 is 23.8 Å². The highest BCUT2D eigenvalue weighted by molar-refractivity contribution is 7.80. The van der Waals surface area contributed by atoms with E-state index >= 15 is 0 Å². The number of anilines is 1. The van der Waals surface area contributed by atoms with E-state index in [-0.39, 0.29) is 11.0 Å². The molecule has 0 aliphatic rings. The minimum absolute atomic E-state index is 0.187. The smallest absolute Gasteiger partial charge is 0.257 e. The van der Waals surface area contributed by atoms with Crippen LogP contribution in [0.4, 0.5) is 5.69 Å². The first-order valence-electron chi connectivity index (χ1n) is 7.81. The summed E-state index contributed by atoms with van der Waals surface area (Å²) in [6.07, 6.45) is 0. The number of nitrogens with one attached hydrogen (secondary N) is 2. The van der Waals surface area contributed by atoms with Crippen LogP contribution in [0.5, 0.6) is 11.5 Å². The van der Waals surface area contributed by atoms with Gasteiger partial charge in [-0.05, 0) is 54.7 Å². The van der Waals surface area contributed by atoms with Gasteiger partial charge in [-0.2, -0.15) is 0 Å². The van der Waals surface area contributed by atoms with Crippen LogP contribution in [0.1, 0.15) is 10.4 Å². The van der Waals surface area contributed by atoms with Gasteiger partial charge in [0.1, 0.15) is 11.5 Å². The Labute approximate surface area is 161 Å². The Hall–Kier alpha value is -2.89. The molecule has 6 heteroatoms. The normalized spacial score (nSPS) is 10.0. The van der Waals surface area contributed by atoms with E-state index in [0.29, 0.717) is 27.8 Å². The summed E-state index contributed by atoms with van der Waals surface area (Å²) in [6, 6.07) is 23.4. The van der Waals surface area contributed by atoms with Gasteiger partial charge in [-0.3, -0.25) is 10.1 Å². The lowest BCUT2D eigenvalue weighted by molar-refractivity contribution is 0.0977.